The topological polar surface area (TPSA) is 40.5 Å². The predicted octanol–water partition coefficient (Wildman–Crippen LogP) is 4.76. The molecule has 1 aliphatic carbocycles. The SMILES string of the molecule is CC1C2CCCC1(c1cccc(C(=O)O)c1)CCN2CCc1ccccc1. The van der Waals surface area contributed by atoms with Gasteiger partial charge in [0.2, 0.25) is 0 Å². The molecule has 1 aliphatic heterocycles. The van der Waals surface area contributed by atoms with Gasteiger partial charge in [-0.05, 0) is 61.4 Å². The number of carboxylic acids is 1. The second-order valence-electron chi connectivity index (χ2n) is 8.31. The number of aromatic carboxylic acids is 1. The van der Waals surface area contributed by atoms with Crippen LogP contribution in [-0.2, 0) is 11.8 Å². The Morgan fingerprint density at radius 1 is 1.15 bits per heavy atom. The van der Waals surface area contributed by atoms with E-state index in [1.807, 2.05) is 12.1 Å². The molecule has 1 heterocycles. The first-order valence-corrected chi connectivity index (χ1v) is 10.2. The molecule has 0 radical (unpaired) electrons. The summed E-state index contributed by atoms with van der Waals surface area (Å²) in [6, 6.07) is 19.1. The highest BCUT2D eigenvalue weighted by Gasteiger charge is 2.49. The van der Waals surface area contributed by atoms with Crippen molar-refractivity contribution in [2.75, 3.05) is 13.1 Å². The Bertz CT molecular complexity index is 803. The summed E-state index contributed by atoms with van der Waals surface area (Å²) in [6.45, 7) is 4.62. The number of carboxylic acid groups (broad SMARTS) is 1. The summed E-state index contributed by atoms with van der Waals surface area (Å²) in [4.78, 5) is 14.1. The molecule has 3 atom stereocenters. The molecule has 1 N–H and O–H groups in total. The van der Waals surface area contributed by atoms with Gasteiger partial charge in [-0.1, -0.05) is 55.8 Å². The third-order valence-corrected chi connectivity index (χ3v) is 7.10. The number of carbonyl (C=O) groups is 1. The molecule has 0 amide bonds. The van der Waals surface area contributed by atoms with Gasteiger partial charge in [0.15, 0.2) is 0 Å². The fourth-order valence-electron chi connectivity index (χ4n) is 5.54. The van der Waals surface area contributed by atoms with Gasteiger partial charge in [-0.2, -0.15) is 0 Å². The van der Waals surface area contributed by atoms with E-state index in [1.165, 1.54) is 30.4 Å². The summed E-state index contributed by atoms with van der Waals surface area (Å²) in [5, 5.41) is 9.41. The number of fused-ring (bicyclic) bond motifs is 2. The number of rotatable bonds is 5. The van der Waals surface area contributed by atoms with Crippen molar-refractivity contribution >= 4 is 5.97 Å². The summed E-state index contributed by atoms with van der Waals surface area (Å²) in [7, 11) is 0. The van der Waals surface area contributed by atoms with Crippen LogP contribution in [-0.4, -0.2) is 35.1 Å². The van der Waals surface area contributed by atoms with Gasteiger partial charge in [0.25, 0.3) is 0 Å². The van der Waals surface area contributed by atoms with Crippen LogP contribution >= 0.6 is 0 Å². The lowest BCUT2D eigenvalue weighted by molar-refractivity contribution is -0.00238. The molecule has 1 saturated carbocycles. The van der Waals surface area contributed by atoms with Crippen LogP contribution in [0.4, 0.5) is 0 Å². The van der Waals surface area contributed by atoms with Crippen LogP contribution in [0.3, 0.4) is 0 Å². The summed E-state index contributed by atoms with van der Waals surface area (Å²) in [6.07, 6.45) is 5.90. The molecule has 2 aromatic carbocycles. The minimum absolute atomic E-state index is 0.137. The van der Waals surface area contributed by atoms with Crippen molar-refractivity contribution in [2.24, 2.45) is 5.92 Å². The van der Waals surface area contributed by atoms with Crippen LogP contribution in [0.15, 0.2) is 54.6 Å². The van der Waals surface area contributed by atoms with Crippen molar-refractivity contribution in [2.45, 2.75) is 50.5 Å². The predicted molar refractivity (Wildman–Crippen MR) is 108 cm³/mol. The maximum Gasteiger partial charge on any atom is 0.335 e. The number of piperidine rings is 1. The Labute approximate surface area is 162 Å². The second kappa shape index (κ2) is 7.47. The molecular weight excluding hydrogens is 334 g/mol. The van der Waals surface area contributed by atoms with Gasteiger partial charge < -0.3 is 5.11 Å². The van der Waals surface area contributed by atoms with Crippen LogP contribution in [0, 0.1) is 5.92 Å². The lowest BCUT2D eigenvalue weighted by Crippen LogP contribution is -2.58. The monoisotopic (exact) mass is 363 g/mol. The Balaban J connectivity index is 1.54. The van der Waals surface area contributed by atoms with E-state index in [0.717, 1.165) is 25.9 Å². The molecule has 2 aliphatic rings. The smallest absolute Gasteiger partial charge is 0.335 e. The van der Waals surface area contributed by atoms with E-state index in [9.17, 15) is 9.90 Å². The summed E-state index contributed by atoms with van der Waals surface area (Å²) in [5.74, 6) is -0.270. The van der Waals surface area contributed by atoms with Gasteiger partial charge in [-0.15, -0.1) is 0 Å². The highest BCUT2D eigenvalue weighted by molar-refractivity contribution is 5.87. The van der Waals surface area contributed by atoms with Crippen molar-refractivity contribution < 1.29 is 9.90 Å². The largest absolute Gasteiger partial charge is 0.478 e. The van der Waals surface area contributed by atoms with E-state index in [4.69, 9.17) is 0 Å². The summed E-state index contributed by atoms with van der Waals surface area (Å²) < 4.78 is 0. The van der Waals surface area contributed by atoms with E-state index in [-0.39, 0.29) is 5.41 Å². The summed E-state index contributed by atoms with van der Waals surface area (Å²) in [5.41, 5.74) is 3.20. The molecule has 2 fully saturated rings. The zero-order valence-electron chi connectivity index (χ0n) is 16.1. The third kappa shape index (κ3) is 3.41. The first-order valence-electron chi connectivity index (χ1n) is 10.2. The fourth-order valence-corrected chi connectivity index (χ4v) is 5.54. The number of benzene rings is 2. The Morgan fingerprint density at radius 3 is 2.74 bits per heavy atom. The molecule has 4 rings (SSSR count). The maximum atomic E-state index is 11.5. The van der Waals surface area contributed by atoms with E-state index < -0.39 is 5.97 Å². The molecule has 3 heteroatoms. The maximum absolute atomic E-state index is 11.5. The van der Waals surface area contributed by atoms with E-state index >= 15 is 0 Å². The Hall–Kier alpha value is -2.13. The number of hydrogen-bond donors (Lipinski definition) is 1. The van der Waals surface area contributed by atoms with Gasteiger partial charge in [-0.25, -0.2) is 4.79 Å². The first-order chi connectivity index (χ1) is 13.1. The zero-order valence-corrected chi connectivity index (χ0v) is 16.1. The molecule has 142 valence electrons. The minimum Gasteiger partial charge on any atom is -0.478 e. The number of nitrogens with zero attached hydrogens (tertiary/aromatic N) is 1. The third-order valence-electron chi connectivity index (χ3n) is 7.10. The molecule has 3 unspecified atom stereocenters. The average Bonchev–Trinajstić information content (AvgIpc) is 2.68. The van der Waals surface area contributed by atoms with Crippen LogP contribution in [0.1, 0.15) is 54.1 Å². The highest BCUT2D eigenvalue weighted by Crippen LogP contribution is 2.50. The molecule has 3 nitrogen and oxygen atoms in total. The van der Waals surface area contributed by atoms with Gasteiger partial charge in [0, 0.05) is 18.0 Å². The molecule has 0 spiro atoms. The normalized spacial score (nSPS) is 28.0. The van der Waals surface area contributed by atoms with E-state index in [1.54, 1.807) is 6.07 Å². The van der Waals surface area contributed by atoms with Crippen molar-refractivity contribution in [3.63, 3.8) is 0 Å². The second-order valence-corrected chi connectivity index (χ2v) is 8.31. The molecular formula is C24H29NO2. The zero-order chi connectivity index (χ0) is 18.9. The van der Waals surface area contributed by atoms with Crippen molar-refractivity contribution in [3.05, 3.63) is 71.3 Å². The highest BCUT2D eigenvalue weighted by atomic mass is 16.4. The minimum atomic E-state index is -0.825. The molecule has 1 saturated heterocycles. The fraction of sp³-hybridized carbons (Fsp3) is 0.458. The quantitative estimate of drug-likeness (QED) is 0.833. The van der Waals surface area contributed by atoms with Crippen LogP contribution in [0.2, 0.25) is 0 Å². The standard InChI is InChI=1S/C24H29NO2/c1-18-22-11-6-13-24(18,21-10-5-9-20(17-21)23(26)27)14-16-25(22)15-12-19-7-3-2-4-8-19/h2-5,7-10,17-18,22H,6,11-16H2,1H3,(H,26,27). The van der Waals surface area contributed by atoms with Crippen LogP contribution in [0.25, 0.3) is 0 Å². The van der Waals surface area contributed by atoms with Gasteiger partial charge in [-0.3, -0.25) is 4.90 Å². The van der Waals surface area contributed by atoms with E-state index in [0.29, 0.717) is 17.5 Å². The molecule has 2 aromatic rings. The van der Waals surface area contributed by atoms with Crippen molar-refractivity contribution in [1.82, 2.24) is 4.90 Å². The number of likely N-dealkylation sites (tertiary alicyclic amines) is 1. The van der Waals surface area contributed by atoms with Crippen molar-refractivity contribution in [3.8, 4) is 0 Å². The molecule has 27 heavy (non-hydrogen) atoms. The van der Waals surface area contributed by atoms with Crippen LogP contribution in [0.5, 0.6) is 0 Å². The average molecular weight is 364 g/mol. The Kier molecular flexibility index (Phi) is 5.05. The van der Waals surface area contributed by atoms with Gasteiger partial charge in [0.1, 0.15) is 0 Å². The van der Waals surface area contributed by atoms with Gasteiger partial charge >= 0.3 is 5.97 Å². The Morgan fingerprint density at radius 2 is 1.96 bits per heavy atom. The lowest BCUT2D eigenvalue weighted by atomic mass is 9.57. The molecule has 0 aromatic heterocycles. The van der Waals surface area contributed by atoms with Crippen molar-refractivity contribution in [1.29, 1.82) is 0 Å². The van der Waals surface area contributed by atoms with Crippen LogP contribution < -0.4 is 0 Å². The summed E-state index contributed by atoms with van der Waals surface area (Å²) >= 11 is 0. The van der Waals surface area contributed by atoms with E-state index in [2.05, 4.69) is 48.2 Å². The molecule has 2 bridgehead atoms. The van der Waals surface area contributed by atoms with Gasteiger partial charge in [0.05, 0.1) is 5.56 Å². The number of hydrogen-bond acceptors (Lipinski definition) is 2. The lowest BCUT2D eigenvalue weighted by Gasteiger charge is -2.56. The first kappa shape index (κ1) is 18.2.